The lowest BCUT2D eigenvalue weighted by Crippen LogP contribution is -2.14. The number of nitrogen functional groups attached to an aromatic ring is 1. The first-order valence-electron chi connectivity index (χ1n) is 5.16. The summed E-state index contributed by atoms with van der Waals surface area (Å²) < 4.78 is 15.0. The van der Waals surface area contributed by atoms with E-state index in [4.69, 9.17) is 5.73 Å². The molecule has 1 aromatic carbocycles. The molecule has 2 N–H and O–H groups in total. The van der Waals surface area contributed by atoms with Gasteiger partial charge in [0.25, 0.3) is 0 Å². The highest BCUT2D eigenvalue weighted by Crippen LogP contribution is 2.37. The minimum atomic E-state index is -0.267. The molecule has 0 amide bonds. The van der Waals surface area contributed by atoms with Crippen molar-refractivity contribution in [3.8, 4) is 0 Å². The third-order valence-corrected chi connectivity index (χ3v) is 3.59. The predicted octanol–water partition coefficient (Wildman–Crippen LogP) is 3.62. The van der Waals surface area contributed by atoms with Gasteiger partial charge < -0.3 is 5.73 Å². The van der Waals surface area contributed by atoms with E-state index < -0.39 is 0 Å². The molecule has 0 saturated carbocycles. The van der Waals surface area contributed by atoms with Crippen LogP contribution < -0.4 is 5.73 Å². The molecule has 0 aliphatic carbocycles. The van der Waals surface area contributed by atoms with Crippen molar-refractivity contribution in [3.63, 3.8) is 0 Å². The van der Waals surface area contributed by atoms with E-state index in [2.05, 4.69) is 4.98 Å². The highest BCUT2D eigenvalue weighted by Gasteiger charge is 2.24. The zero-order chi connectivity index (χ0) is 12.1. The van der Waals surface area contributed by atoms with Crippen LogP contribution in [0.3, 0.4) is 0 Å². The lowest BCUT2D eigenvalue weighted by Gasteiger charge is -2.20. The van der Waals surface area contributed by atoms with Crippen molar-refractivity contribution < 1.29 is 4.39 Å². The number of hydrogen-bond donors (Lipinski definition) is 1. The Hall–Kier alpha value is -1.16. The number of halogens is 1. The second-order valence-corrected chi connectivity index (χ2v) is 6.06. The molecule has 0 unspecified atom stereocenters. The lowest BCUT2D eigenvalue weighted by atomic mass is 9.85. The number of nitrogens with zero attached hydrogens (tertiary/aromatic N) is 1. The Morgan fingerprint density at radius 1 is 1.38 bits per heavy atom. The first kappa shape index (κ1) is 11.3. The maximum absolute atomic E-state index is 14.0. The van der Waals surface area contributed by atoms with E-state index in [9.17, 15) is 4.39 Å². The van der Waals surface area contributed by atoms with E-state index >= 15 is 0 Å². The summed E-state index contributed by atoms with van der Waals surface area (Å²) in [5.74, 6) is -0.192. The van der Waals surface area contributed by atoms with Crippen molar-refractivity contribution >= 4 is 26.7 Å². The van der Waals surface area contributed by atoms with Gasteiger partial charge in [0, 0.05) is 5.56 Å². The molecule has 2 rings (SSSR count). The van der Waals surface area contributed by atoms with Crippen molar-refractivity contribution in [2.24, 2.45) is 0 Å². The number of fused-ring (bicyclic) bond motifs is 1. The molecule has 0 saturated heterocycles. The first-order valence-corrected chi connectivity index (χ1v) is 5.98. The largest absolute Gasteiger partial charge is 0.375 e. The molecule has 4 heteroatoms. The first-order chi connectivity index (χ1) is 7.30. The average molecular weight is 238 g/mol. The number of anilines is 1. The van der Waals surface area contributed by atoms with Gasteiger partial charge in [0.15, 0.2) is 5.13 Å². The highest BCUT2D eigenvalue weighted by atomic mass is 32.1. The molecule has 0 aliphatic rings. The van der Waals surface area contributed by atoms with Crippen LogP contribution in [-0.2, 0) is 5.41 Å². The molecule has 86 valence electrons. The summed E-state index contributed by atoms with van der Waals surface area (Å²) >= 11 is 1.42. The smallest absolute Gasteiger partial charge is 0.181 e. The quantitative estimate of drug-likeness (QED) is 0.761. The lowest BCUT2D eigenvalue weighted by molar-refractivity contribution is 0.527. The van der Waals surface area contributed by atoms with Gasteiger partial charge in [-0.15, -0.1) is 0 Å². The SMILES string of the molecule is Cc1cc(F)c(C(C)(C)C)c2nc(N)sc12. The number of thiazole rings is 1. The second-order valence-electron chi connectivity index (χ2n) is 5.03. The molecule has 0 atom stereocenters. The summed E-state index contributed by atoms with van der Waals surface area (Å²) in [6.45, 7) is 7.83. The van der Waals surface area contributed by atoms with Crippen molar-refractivity contribution in [2.45, 2.75) is 33.1 Å². The third-order valence-electron chi connectivity index (χ3n) is 2.57. The Bertz CT molecular complexity index is 552. The van der Waals surface area contributed by atoms with Crippen LogP contribution in [-0.4, -0.2) is 4.98 Å². The zero-order valence-corrected chi connectivity index (χ0v) is 10.7. The maximum Gasteiger partial charge on any atom is 0.181 e. The Balaban J connectivity index is 2.92. The maximum atomic E-state index is 14.0. The molecule has 1 aromatic heterocycles. The molecule has 0 spiro atoms. The van der Waals surface area contributed by atoms with Gasteiger partial charge in [0.1, 0.15) is 5.82 Å². The van der Waals surface area contributed by atoms with Gasteiger partial charge in [0.2, 0.25) is 0 Å². The minimum absolute atomic E-state index is 0.192. The summed E-state index contributed by atoms with van der Waals surface area (Å²) in [5.41, 5.74) is 7.71. The van der Waals surface area contributed by atoms with Crippen LogP contribution in [0, 0.1) is 12.7 Å². The average Bonchev–Trinajstić information content (AvgIpc) is 2.43. The number of aromatic nitrogens is 1. The minimum Gasteiger partial charge on any atom is -0.375 e. The molecule has 1 heterocycles. The zero-order valence-electron chi connectivity index (χ0n) is 9.89. The molecular weight excluding hydrogens is 223 g/mol. The van der Waals surface area contributed by atoms with E-state index in [1.165, 1.54) is 11.3 Å². The fourth-order valence-corrected chi connectivity index (χ4v) is 2.74. The van der Waals surface area contributed by atoms with Gasteiger partial charge in [-0.05, 0) is 24.0 Å². The van der Waals surface area contributed by atoms with Gasteiger partial charge in [-0.3, -0.25) is 0 Å². The Morgan fingerprint density at radius 2 is 2.00 bits per heavy atom. The number of rotatable bonds is 0. The van der Waals surface area contributed by atoms with Crippen molar-refractivity contribution in [1.29, 1.82) is 0 Å². The molecule has 0 bridgehead atoms. The van der Waals surface area contributed by atoms with Gasteiger partial charge >= 0.3 is 0 Å². The van der Waals surface area contributed by atoms with Crippen molar-refractivity contribution in [3.05, 3.63) is 23.0 Å². The van der Waals surface area contributed by atoms with E-state index in [0.29, 0.717) is 16.2 Å². The van der Waals surface area contributed by atoms with E-state index in [1.807, 2.05) is 27.7 Å². The van der Waals surface area contributed by atoms with Gasteiger partial charge in [-0.25, -0.2) is 9.37 Å². The molecule has 0 fully saturated rings. The number of benzene rings is 1. The van der Waals surface area contributed by atoms with Crippen LogP contribution in [0.1, 0.15) is 31.9 Å². The topological polar surface area (TPSA) is 38.9 Å². The van der Waals surface area contributed by atoms with E-state index in [0.717, 1.165) is 10.3 Å². The molecule has 0 aliphatic heterocycles. The summed E-state index contributed by atoms with van der Waals surface area (Å²) in [6.07, 6.45) is 0. The standard InChI is InChI=1S/C12H15FN2S/c1-6-5-7(13)8(12(2,3)4)9-10(6)16-11(14)15-9/h5H,1-4H3,(H2,14,15). The fraction of sp³-hybridized carbons (Fsp3) is 0.417. The number of aryl methyl sites for hydroxylation is 1. The van der Waals surface area contributed by atoms with Gasteiger partial charge in [-0.2, -0.15) is 0 Å². The van der Waals surface area contributed by atoms with Crippen LogP contribution in [0.25, 0.3) is 10.2 Å². The van der Waals surface area contributed by atoms with Crippen molar-refractivity contribution in [2.75, 3.05) is 5.73 Å². The summed E-state index contributed by atoms with van der Waals surface area (Å²) in [5, 5.41) is 0.495. The Kier molecular flexibility index (Phi) is 2.42. The van der Waals surface area contributed by atoms with Gasteiger partial charge in [0.05, 0.1) is 10.2 Å². The van der Waals surface area contributed by atoms with Crippen LogP contribution in [0.2, 0.25) is 0 Å². The monoisotopic (exact) mass is 238 g/mol. The van der Waals surface area contributed by atoms with Crippen LogP contribution in [0.5, 0.6) is 0 Å². The van der Waals surface area contributed by atoms with E-state index in [1.54, 1.807) is 6.07 Å². The third kappa shape index (κ3) is 1.67. The van der Waals surface area contributed by atoms with Crippen LogP contribution in [0.4, 0.5) is 9.52 Å². The fourth-order valence-electron chi connectivity index (χ4n) is 1.93. The summed E-state index contributed by atoms with van der Waals surface area (Å²) in [4.78, 5) is 4.26. The number of hydrogen-bond acceptors (Lipinski definition) is 3. The normalized spacial score (nSPS) is 12.3. The molecule has 0 radical (unpaired) electrons. The Morgan fingerprint density at radius 3 is 2.56 bits per heavy atom. The summed E-state index contributed by atoms with van der Waals surface area (Å²) in [7, 11) is 0. The molecule has 2 aromatic rings. The van der Waals surface area contributed by atoms with Gasteiger partial charge in [-0.1, -0.05) is 32.1 Å². The molecule has 2 nitrogen and oxygen atoms in total. The summed E-state index contributed by atoms with van der Waals surface area (Å²) in [6, 6.07) is 1.57. The number of nitrogens with two attached hydrogens (primary N) is 1. The van der Waals surface area contributed by atoms with E-state index in [-0.39, 0.29) is 11.2 Å². The van der Waals surface area contributed by atoms with Crippen molar-refractivity contribution in [1.82, 2.24) is 4.98 Å². The van der Waals surface area contributed by atoms with Crippen LogP contribution >= 0.6 is 11.3 Å². The highest BCUT2D eigenvalue weighted by molar-refractivity contribution is 7.22. The molecular formula is C12H15FN2S. The van der Waals surface area contributed by atoms with Crippen LogP contribution in [0.15, 0.2) is 6.07 Å². The molecule has 16 heavy (non-hydrogen) atoms. The Labute approximate surface area is 98.3 Å². The predicted molar refractivity (Wildman–Crippen MR) is 67.4 cm³/mol. The second kappa shape index (κ2) is 3.42.